The van der Waals surface area contributed by atoms with E-state index in [0.29, 0.717) is 5.56 Å². The summed E-state index contributed by atoms with van der Waals surface area (Å²) in [5.41, 5.74) is 3.85. The van der Waals surface area contributed by atoms with Gasteiger partial charge in [-0.1, -0.05) is 12.1 Å². The van der Waals surface area contributed by atoms with E-state index >= 15 is 0 Å². The smallest absolute Gasteiger partial charge is 0.0991 e. The zero-order valence-corrected chi connectivity index (χ0v) is 11.2. The van der Waals surface area contributed by atoms with Gasteiger partial charge in [0, 0.05) is 30.9 Å². The predicted molar refractivity (Wildman–Crippen MR) is 79.2 cm³/mol. The van der Waals surface area contributed by atoms with Crippen LogP contribution in [0.25, 0.3) is 10.9 Å². The van der Waals surface area contributed by atoms with E-state index in [-0.39, 0.29) is 0 Å². The van der Waals surface area contributed by atoms with Crippen LogP contribution in [-0.2, 0) is 13.6 Å². The number of nitrogens with zero attached hydrogens (tertiary/aromatic N) is 3. The first-order valence-electron chi connectivity index (χ1n) is 6.41. The molecule has 20 heavy (non-hydrogen) atoms. The Morgan fingerprint density at radius 3 is 2.75 bits per heavy atom. The van der Waals surface area contributed by atoms with E-state index in [4.69, 9.17) is 5.26 Å². The molecule has 0 amide bonds. The molecule has 0 unspecified atom stereocenters. The first-order valence-corrected chi connectivity index (χ1v) is 6.41. The maximum Gasteiger partial charge on any atom is 0.0991 e. The maximum absolute atomic E-state index is 8.76. The topological polar surface area (TPSA) is 53.6 Å². The summed E-state index contributed by atoms with van der Waals surface area (Å²) in [5, 5.41) is 17.7. The van der Waals surface area contributed by atoms with Crippen molar-refractivity contribution in [2.45, 2.75) is 6.54 Å². The molecular weight excluding hydrogens is 248 g/mol. The lowest BCUT2D eigenvalue weighted by Gasteiger charge is -2.06. The van der Waals surface area contributed by atoms with Gasteiger partial charge in [0.15, 0.2) is 0 Å². The number of nitrogens with one attached hydrogen (secondary N) is 1. The van der Waals surface area contributed by atoms with Crippen LogP contribution in [0.2, 0.25) is 0 Å². The van der Waals surface area contributed by atoms with Gasteiger partial charge in [0.05, 0.1) is 17.1 Å². The van der Waals surface area contributed by atoms with Gasteiger partial charge >= 0.3 is 0 Å². The summed E-state index contributed by atoms with van der Waals surface area (Å²) in [6.07, 6.45) is 2.00. The molecule has 3 aromatic rings. The zero-order chi connectivity index (χ0) is 13.9. The molecule has 98 valence electrons. The third kappa shape index (κ3) is 2.47. The molecular formula is C16H14N4. The Hall–Kier alpha value is -2.80. The van der Waals surface area contributed by atoms with Crippen molar-refractivity contribution in [3.05, 3.63) is 59.8 Å². The zero-order valence-electron chi connectivity index (χ0n) is 11.2. The van der Waals surface area contributed by atoms with E-state index < -0.39 is 0 Å². The van der Waals surface area contributed by atoms with Crippen molar-refractivity contribution < 1.29 is 0 Å². The van der Waals surface area contributed by atoms with Gasteiger partial charge in [-0.05, 0) is 35.9 Å². The van der Waals surface area contributed by atoms with E-state index in [2.05, 4.69) is 22.6 Å². The third-order valence-electron chi connectivity index (χ3n) is 3.20. The van der Waals surface area contributed by atoms with Gasteiger partial charge < -0.3 is 5.32 Å². The molecule has 4 heteroatoms. The summed E-state index contributed by atoms with van der Waals surface area (Å²) in [4.78, 5) is 0. The summed E-state index contributed by atoms with van der Waals surface area (Å²) in [6, 6.07) is 15.9. The SMILES string of the molecule is Cn1cc2ccc(NCc3ccc(C#N)cc3)cc2n1. The van der Waals surface area contributed by atoms with Crippen LogP contribution in [0.15, 0.2) is 48.7 Å². The second kappa shape index (κ2) is 5.06. The fourth-order valence-electron chi connectivity index (χ4n) is 2.15. The highest BCUT2D eigenvalue weighted by molar-refractivity contribution is 5.81. The molecule has 3 rings (SSSR count). The van der Waals surface area contributed by atoms with Crippen molar-refractivity contribution in [2.24, 2.45) is 7.05 Å². The fraction of sp³-hybridized carbons (Fsp3) is 0.125. The van der Waals surface area contributed by atoms with Gasteiger partial charge in [-0.15, -0.1) is 0 Å². The molecule has 0 aliphatic rings. The van der Waals surface area contributed by atoms with Gasteiger partial charge in [0.2, 0.25) is 0 Å². The van der Waals surface area contributed by atoms with E-state index in [1.54, 1.807) is 0 Å². The highest BCUT2D eigenvalue weighted by atomic mass is 15.2. The van der Waals surface area contributed by atoms with Crippen LogP contribution in [0.4, 0.5) is 5.69 Å². The van der Waals surface area contributed by atoms with Crippen LogP contribution in [0.5, 0.6) is 0 Å². The number of aryl methyl sites for hydroxylation is 1. The minimum Gasteiger partial charge on any atom is -0.381 e. The lowest BCUT2D eigenvalue weighted by Crippen LogP contribution is -1.99. The summed E-state index contributed by atoms with van der Waals surface area (Å²) >= 11 is 0. The molecule has 0 saturated carbocycles. The largest absolute Gasteiger partial charge is 0.381 e. The molecule has 0 saturated heterocycles. The van der Waals surface area contributed by atoms with Gasteiger partial charge in [-0.25, -0.2) is 0 Å². The molecule has 2 aromatic carbocycles. The molecule has 0 atom stereocenters. The van der Waals surface area contributed by atoms with Crippen LogP contribution >= 0.6 is 0 Å². The van der Waals surface area contributed by atoms with Gasteiger partial charge in [0.25, 0.3) is 0 Å². The Morgan fingerprint density at radius 1 is 1.20 bits per heavy atom. The molecule has 1 heterocycles. The Bertz CT molecular complexity index is 778. The van der Waals surface area contributed by atoms with Gasteiger partial charge in [-0.2, -0.15) is 10.4 Å². The monoisotopic (exact) mass is 262 g/mol. The normalized spacial score (nSPS) is 10.4. The molecule has 0 radical (unpaired) electrons. The Labute approximate surface area is 117 Å². The summed E-state index contributed by atoms with van der Waals surface area (Å²) in [5.74, 6) is 0. The van der Waals surface area contributed by atoms with Crippen molar-refractivity contribution >= 4 is 16.6 Å². The lowest BCUT2D eigenvalue weighted by atomic mass is 10.1. The van der Waals surface area contributed by atoms with Crippen molar-refractivity contribution in [1.29, 1.82) is 5.26 Å². The van der Waals surface area contributed by atoms with Crippen LogP contribution in [0, 0.1) is 11.3 Å². The maximum atomic E-state index is 8.76. The molecule has 0 aliphatic carbocycles. The first-order chi connectivity index (χ1) is 9.74. The van der Waals surface area contributed by atoms with Crippen molar-refractivity contribution in [2.75, 3.05) is 5.32 Å². The van der Waals surface area contributed by atoms with E-state index in [9.17, 15) is 0 Å². The van der Waals surface area contributed by atoms with Crippen molar-refractivity contribution in [3.63, 3.8) is 0 Å². The van der Waals surface area contributed by atoms with Crippen LogP contribution in [0.1, 0.15) is 11.1 Å². The molecule has 0 aliphatic heterocycles. The third-order valence-corrected chi connectivity index (χ3v) is 3.20. The number of anilines is 1. The number of nitriles is 1. The molecule has 0 fully saturated rings. The van der Waals surface area contributed by atoms with Gasteiger partial charge in [0.1, 0.15) is 0 Å². The van der Waals surface area contributed by atoms with Crippen molar-refractivity contribution in [1.82, 2.24) is 9.78 Å². The molecule has 0 spiro atoms. The number of fused-ring (bicyclic) bond motifs is 1. The highest BCUT2D eigenvalue weighted by Crippen LogP contribution is 2.18. The van der Waals surface area contributed by atoms with E-state index in [1.165, 1.54) is 0 Å². The van der Waals surface area contributed by atoms with Crippen LogP contribution < -0.4 is 5.32 Å². The Kier molecular flexibility index (Phi) is 3.10. The fourth-order valence-corrected chi connectivity index (χ4v) is 2.15. The quantitative estimate of drug-likeness (QED) is 0.789. The Morgan fingerprint density at radius 2 is 2.00 bits per heavy atom. The second-order valence-electron chi connectivity index (χ2n) is 4.74. The average Bonchev–Trinajstić information content (AvgIpc) is 2.85. The highest BCUT2D eigenvalue weighted by Gasteiger charge is 2.00. The summed E-state index contributed by atoms with van der Waals surface area (Å²) < 4.78 is 1.81. The minimum atomic E-state index is 0.684. The van der Waals surface area contributed by atoms with Gasteiger partial charge in [-0.3, -0.25) is 4.68 Å². The molecule has 1 aromatic heterocycles. The molecule has 0 bridgehead atoms. The number of aromatic nitrogens is 2. The van der Waals surface area contributed by atoms with E-state index in [1.807, 2.05) is 54.3 Å². The lowest BCUT2D eigenvalue weighted by molar-refractivity contribution is 0.780. The van der Waals surface area contributed by atoms with E-state index in [0.717, 1.165) is 28.7 Å². The summed E-state index contributed by atoms with van der Waals surface area (Å²) in [6.45, 7) is 0.726. The average molecular weight is 262 g/mol. The standard InChI is InChI=1S/C16H14N4/c1-20-11-14-6-7-15(8-16(14)19-20)18-10-13-4-2-12(9-17)3-5-13/h2-8,11,18H,10H2,1H3. The number of hydrogen-bond donors (Lipinski definition) is 1. The second-order valence-corrected chi connectivity index (χ2v) is 4.74. The molecule has 1 N–H and O–H groups in total. The Balaban J connectivity index is 1.74. The van der Waals surface area contributed by atoms with Crippen LogP contribution in [0.3, 0.4) is 0 Å². The number of rotatable bonds is 3. The number of benzene rings is 2. The molecule has 4 nitrogen and oxygen atoms in total. The number of hydrogen-bond acceptors (Lipinski definition) is 3. The van der Waals surface area contributed by atoms with Crippen molar-refractivity contribution in [3.8, 4) is 6.07 Å². The predicted octanol–water partition coefficient (Wildman–Crippen LogP) is 3.06. The minimum absolute atomic E-state index is 0.684. The van der Waals surface area contributed by atoms with Crippen LogP contribution in [-0.4, -0.2) is 9.78 Å². The summed E-state index contributed by atoms with van der Waals surface area (Å²) in [7, 11) is 1.92. The first kappa shape index (κ1) is 12.2.